The number of nitrogens with zero attached hydrogens (tertiary/aromatic N) is 2. The lowest BCUT2D eigenvalue weighted by molar-refractivity contribution is 0.0748. The molecule has 0 saturated carbocycles. The van der Waals surface area contributed by atoms with Gasteiger partial charge >= 0.3 is 0 Å². The van der Waals surface area contributed by atoms with E-state index in [2.05, 4.69) is 19.9 Å². The second-order valence-corrected chi connectivity index (χ2v) is 6.83. The second-order valence-electron chi connectivity index (χ2n) is 5.03. The van der Waals surface area contributed by atoms with E-state index in [9.17, 15) is 4.79 Å². The Balaban J connectivity index is 2.18. The van der Waals surface area contributed by atoms with Gasteiger partial charge in [-0.1, -0.05) is 6.07 Å². The zero-order chi connectivity index (χ0) is 13.2. The minimum absolute atomic E-state index is 0.0282. The average Bonchev–Trinajstić information content (AvgIpc) is 2.37. The lowest BCUT2D eigenvalue weighted by atomic mass is 10.1. The highest BCUT2D eigenvalue weighted by molar-refractivity contribution is 8.00. The van der Waals surface area contributed by atoms with E-state index in [1.165, 1.54) is 0 Å². The number of amides is 1. The summed E-state index contributed by atoms with van der Waals surface area (Å²) in [6.07, 6.45) is 0. The maximum atomic E-state index is 12.4. The summed E-state index contributed by atoms with van der Waals surface area (Å²) in [7, 11) is 0. The summed E-state index contributed by atoms with van der Waals surface area (Å²) in [5.74, 6) is 0.997. The Labute approximate surface area is 112 Å². The molecule has 0 unspecified atom stereocenters. The van der Waals surface area contributed by atoms with Gasteiger partial charge in [0.1, 0.15) is 0 Å². The second kappa shape index (κ2) is 5.03. The van der Waals surface area contributed by atoms with Crippen molar-refractivity contribution in [2.45, 2.75) is 18.6 Å². The van der Waals surface area contributed by atoms with Gasteiger partial charge in [0.05, 0.1) is 11.6 Å². The monoisotopic (exact) mass is 260 g/mol. The topological polar surface area (TPSA) is 44.1 Å². The van der Waals surface area contributed by atoms with E-state index in [4.69, 9.17) is 5.26 Å². The molecule has 1 heterocycles. The molecule has 1 amide bonds. The van der Waals surface area contributed by atoms with Crippen molar-refractivity contribution in [2.75, 3.05) is 18.8 Å². The highest BCUT2D eigenvalue weighted by Crippen LogP contribution is 2.30. The number of benzene rings is 1. The van der Waals surface area contributed by atoms with Crippen LogP contribution in [0, 0.1) is 11.3 Å². The molecule has 1 aromatic rings. The van der Waals surface area contributed by atoms with Crippen LogP contribution in [0.1, 0.15) is 29.8 Å². The molecule has 2 rings (SSSR count). The van der Waals surface area contributed by atoms with Crippen LogP contribution < -0.4 is 0 Å². The quantitative estimate of drug-likeness (QED) is 0.779. The fourth-order valence-corrected chi connectivity index (χ4v) is 3.21. The highest BCUT2D eigenvalue weighted by Gasteiger charge is 2.30. The van der Waals surface area contributed by atoms with Gasteiger partial charge in [0.15, 0.2) is 0 Å². The normalized spacial score (nSPS) is 18.2. The van der Waals surface area contributed by atoms with Crippen LogP contribution in [0.15, 0.2) is 24.3 Å². The number of carbonyl (C=O) groups excluding carboxylic acids is 1. The Bertz CT molecular complexity index is 505. The van der Waals surface area contributed by atoms with Gasteiger partial charge in [0.25, 0.3) is 5.91 Å². The van der Waals surface area contributed by atoms with Gasteiger partial charge in [-0.05, 0) is 32.0 Å². The molecular formula is C14H16N2OS. The number of hydrogen-bond acceptors (Lipinski definition) is 3. The molecule has 0 atom stereocenters. The van der Waals surface area contributed by atoms with E-state index in [-0.39, 0.29) is 10.7 Å². The third-order valence-electron chi connectivity index (χ3n) is 2.95. The molecule has 0 aliphatic carbocycles. The first kappa shape index (κ1) is 13.0. The van der Waals surface area contributed by atoms with Crippen LogP contribution in [-0.4, -0.2) is 34.4 Å². The smallest absolute Gasteiger partial charge is 0.253 e. The predicted molar refractivity (Wildman–Crippen MR) is 73.6 cm³/mol. The van der Waals surface area contributed by atoms with Gasteiger partial charge in [-0.25, -0.2) is 0 Å². The van der Waals surface area contributed by atoms with Crippen molar-refractivity contribution in [3.05, 3.63) is 35.4 Å². The molecule has 0 N–H and O–H groups in total. The first-order valence-electron chi connectivity index (χ1n) is 5.95. The van der Waals surface area contributed by atoms with E-state index in [0.717, 1.165) is 18.8 Å². The van der Waals surface area contributed by atoms with Crippen molar-refractivity contribution in [1.29, 1.82) is 5.26 Å². The number of carbonyl (C=O) groups is 1. The van der Waals surface area contributed by atoms with Gasteiger partial charge < -0.3 is 4.90 Å². The standard InChI is InChI=1S/C14H16N2OS/c1-14(2)10-16(6-7-18-14)13(17)12-5-3-4-11(8-12)9-15/h3-5,8H,6-7,10H2,1-2H3. The fourth-order valence-electron chi connectivity index (χ4n) is 2.09. The first-order valence-corrected chi connectivity index (χ1v) is 6.94. The van der Waals surface area contributed by atoms with Crippen molar-refractivity contribution in [3.63, 3.8) is 0 Å². The van der Waals surface area contributed by atoms with Crippen molar-refractivity contribution in [1.82, 2.24) is 4.90 Å². The zero-order valence-corrected chi connectivity index (χ0v) is 11.5. The van der Waals surface area contributed by atoms with Crippen LogP contribution in [0.3, 0.4) is 0 Å². The highest BCUT2D eigenvalue weighted by atomic mass is 32.2. The molecule has 18 heavy (non-hydrogen) atoms. The van der Waals surface area contributed by atoms with E-state index < -0.39 is 0 Å². The van der Waals surface area contributed by atoms with Crippen LogP contribution in [0.25, 0.3) is 0 Å². The Morgan fingerprint density at radius 1 is 1.50 bits per heavy atom. The zero-order valence-electron chi connectivity index (χ0n) is 10.6. The fraction of sp³-hybridized carbons (Fsp3) is 0.429. The maximum absolute atomic E-state index is 12.4. The molecule has 4 heteroatoms. The van der Waals surface area contributed by atoms with Gasteiger partial charge in [0.2, 0.25) is 0 Å². The molecule has 1 aromatic carbocycles. The number of nitriles is 1. The Kier molecular flexibility index (Phi) is 3.63. The van der Waals surface area contributed by atoms with Gasteiger partial charge in [0, 0.05) is 29.2 Å². The van der Waals surface area contributed by atoms with Gasteiger partial charge in [-0.15, -0.1) is 0 Å². The van der Waals surface area contributed by atoms with Crippen molar-refractivity contribution in [3.8, 4) is 6.07 Å². The summed E-state index contributed by atoms with van der Waals surface area (Å²) in [5, 5.41) is 8.86. The minimum Gasteiger partial charge on any atom is -0.336 e. The van der Waals surface area contributed by atoms with Crippen LogP contribution in [-0.2, 0) is 0 Å². The summed E-state index contributed by atoms with van der Waals surface area (Å²) < 4.78 is 0.112. The molecule has 0 bridgehead atoms. The Morgan fingerprint density at radius 2 is 2.28 bits per heavy atom. The van der Waals surface area contributed by atoms with Crippen LogP contribution in [0.4, 0.5) is 0 Å². The minimum atomic E-state index is 0.0282. The van der Waals surface area contributed by atoms with Crippen LogP contribution in [0.5, 0.6) is 0 Å². The molecule has 1 aliphatic heterocycles. The van der Waals surface area contributed by atoms with Crippen molar-refractivity contribution < 1.29 is 4.79 Å². The molecule has 3 nitrogen and oxygen atoms in total. The molecule has 0 aromatic heterocycles. The molecular weight excluding hydrogens is 244 g/mol. The first-order chi connectivity index (χ1) is 8.52. The van der Waals surface area contributed by atoms with Crippen molar-refractivity contribution >= 4 is 17.7 Å². The summed E-state index contributed by atoms with van der Waals surface area (Å²) in [6.45, 7) is 5.85. The molecule has 1 fully saturated rings. The Morgan fingerprint density at radius 3 is 2.94 bits per heavy atom. The number of hydrogen-bond donors (Lipinski definition) is 0. The van der Waals surface area contributed by atoms with Gasteiger partial charge in [-0.3, -0.25) is 4.79 Å². The lowest BCUT2D eigenvalue weighted by Crippen LogP contribution is -2.46. The molecule has 1 saturated heterocycles. The van der Waals surface area contributed by atoms with E-state index >= 15 is 0 Å². The summed E-state index contributed by atoms with van der Waals surface area (Å²) in [6, 6.07) is 8.98. The molecule has 94 valence electrons. The third kappa shape index (κ3) is 2.85. The summed E-state index contributed by atoms with van der Waals surface area (Å²) >= 11 is 1.90. The molecule has 1 aliphatic rings. The summed E-state index contributed by atoms with van der Waals surface area (Å²) in [4.78, 5) is 14.2. The predicted octanol–water partition coefficient (Wildman–Crippen LogP) is 2.53. The van der Waals surface area contributed by atoms with Crippen LogP contribution >= 0.6 is 11.8 Å². The van der Waals surface area contributed by atoms with Crippen molar-refractivity contribution in [2.24, 2.45) is 0 Å². The number of rotatable bonds is 1. The third-order valence-corrected chi connectivity index (χ3v) is 4.25. The van der Waals surface area contributed by atoms with E-state index in [0.29, 0.717) is 11.1 Å². The van der Waals surface area contributed by atoms with Crippen LogP contribution in [0.2, 0.25) is 0 Å². The molecule has 0 radical (unpaired) electrons. The maximum Gasteiger partial charge on any atom is 0.253 e. The lowest BCUT2D eigenvalue weighted by Gasteiger charge is -2.37. The average molecular weight is 260 g/mol. The summed E-state index contributed by atoms with van der Waals surface area (Å²) in [5.41, 5.74) is 1.14. The van der Waals surface area contributed by atoms with E-state index in [1.807, 2.05) is 16.7 Å². The SMILES string of the molecule is CC1(C)CN(C(=O)c2cccc(C#N)c2)CCS1. The Hall–Kier alpha value is -1.47. The number of thioether (sulfide) groups is 1. The largest absolute Gasteiger partial charge is 0.336 e. The molecule has 0 spiro atoms. The van der Waals surface area contributed by atoms with E-state index in [1.54, 1.807) is 24.3 Å². The van der Waals surface area contributed by atoms with Gasteiger partial charge in [-0.2, -0.15) is 17.0 Å².